The van der Waals surface area contributed by atoms with Gasteiger partial charge in [0.25, 0.3) is 5.91 Å². The van der Waals surface area contributed by atoms with Gasteiger partial charge in [0.1, 0.15) is 18.5 Å². The first kappa shape index (κ1) is 24.8. The number of nitrogens with one attached hydrogen (secondary N) is 1. The average Bonchev–Trinajstić information content (AvgIpc) is 3.25. The predicted molar refractivity (Wildman–Crippen MR) is 140 cm³/mol. The lowest BCUT2D eigenvalue weighted by molar-refractivity contribution is -0.150. The van der Waals surface area contributed by atoms with Crippen molar-refractivity contribution in [1.82, 2.24) is 14.8 Å². The number of ether oxygens (including phenoxy) is 3. The van der Waals surface area contributed by atoms with Gasteiger partial charge in [0.15, 0.2) is 0 Å². The molecule has 2 aromatic carbocycles. The number of aryl methyl sites for hydroxylation is 1. The molecule has 0 bridgehead atoms. The van der Waals surface area contributed by atoms with E-state index in [4.69, 9.17) is 14.2 Å². The van der Waals surface area contributed by atoms with Crippen molar-refractivity contribution in [2.24, 2.45) is 0 Å². The Bertz CT molecular complexity index is 1140. The van der Waals surface area contributed by atoms with Crippen LogP contribution >= 0.6 is 0 Å². The van der Waals surface area contributed by atoms with E-state index in [-0.39, 0.29) is 11.9 Å². The van der Waals surface area contributed by atoms with Crippen LogP contribution in [0.2, 0.25) is 0 Å². The Labute approximate surface area is 213 Å². The molecule has 1 saturated heterocycles. The van der Waals surface area contributed by atoms with Gasteiger partial charge >= 0.3 is 0 Å². The van der Waals surface area contributed by atoms with E-state index < -0.39 is 6.10 Å². The molecule has 0 radical (unpaired) electrons. The number of carbonyl (C=O) groups is 1. The van der Waals surface area contributed by atoms with Crippen molar-refractivity contribution < 1.29 is 19.0 Å². The van der Waals surface area contributed by atoms with Crippen molar-refractivity contribution >= 4 is 16.8 Å². The summed E-state index contributed by atoms with van der Waals surface area (Å²) < 4.78 is 19.8. The van der Waals surface area contributed by atoms with Crippen molar-refractivity contribution in [3.63, 3.8) is 0 Å². The monoisotopic (exact) mass is 491 g/mol. The van der Waals surface area contributed by atoms with Gasteiger partial charge in [-0.2, -0.15) is 0 Å². The van der Waals surface area contributed by atoms with Crippen LogP contribution in [0.15, 0.2) is 54.7 Å². The lowest BCUT2D eigenvalue weighted by Gasteiger charge is -2.40. The van der Waals surface area contributed by atoms with E-state index in [0.29, 0.717) is 32.9 Å². The van der Waals surface area contributed by atoms with E-state index in [1.165, 1.54) is 6.42 Å². The third kappa shape index (κ3) is 5.59. The number of hydrogen-bond donors (Lipinski definition) is 1. The van der Waals surface area contributed by atoms with Crippen molar-refractivity contribution in [3.05, 3.63) is 65.9 Å². The number of carbonyl (C=O) groups excluding carboxylic acids is 1. The van der Waals surface area contributed by atoms with Gasteiger partial charge in [-0.15, -0.1) is 0 Å². The fourth-order valence-corrected chi connectivity index (χ4v) is 5.12. The molecule has 7 heteroatoms. The molecular weight excluding hydrogens is 454 g/mol. The summed E-state index contributed by atoms with van der Waals surface area (Å²) in [7, 11) is 1.74. The molecule has 2 heterocycles. The highest BCUT2D eigenvalue weighted by molar-refractivity contribution is 5.91. The number of benzene rings is 2. The Kier molecular flexibility index (Phi) is 8.21. The van der Waals surface area contributed by atoms with E-state index >= 15 is 0 Å². The number of hydrogen-bond acceptors (Lipinski definition) is 5. The molecule has 3 aromatic rings. The summed E-state index contributed by atoms with van der Waals surface area (Å²) >= 11 is 0. The SMILES string of the molecule is COCCCn1cc(CN(C(=O)[C@H]2CNCCO2)C2CCC2)c2c(OCc3ccccc3)cccc21. The molecule has 1 amide bonds. The maximum atomic E-state index is 13.6. The van der Waals surface area contributed by atoms with Gasteiger partial charge in [-0.25, -0.2) is 0 Å². The van der Waals surface area contributed by atoms with Gasteiger partial charge in [0.2, 0.25) is 0 Å². The number of fused-ring (bicyclic) bond motifs is 1. The number of nitrogens with zero attached hydrogens (tertiary/aromatic N) is 2. The van der Waals surface area contributed by atoms with Crippen LogP contribution in [0.25, 0.3) is 10.9 Å². The molecular formula is C29H37N3O4. The second-order valence-electron chi connectivity index (χ2n) is 9.73. The van der Waals surface area contributed by atoms with Crippen LogP contribution in [0, 0.1) is 0 Å². The number of morpholine rings is 1. The maximum absolute atomic E-state index is 13.6. The normalized spacial score (nSPS) is 18.2. The van der Waals surface area contributed by atoms with E-state index in [1.54, 1.807) is 7.11 Å². The maximum Gasteiger partial charge on any atom is 0.253 e. The Balaban J connectivity index is 1.46. The molecule has 0 unspecified atom stereocenters. The minimum atomic E-state index is -0.414. The zero-order valence-electron chi connectivity index (χ0n) is 21.2. The molecule has 1 N–H and O–H groups in total. The lowest BCUT2D eigenvalue weighted by Crippen LogP contribution is -2.53. The summed E-state index contributed by atoms with van der Waals surface area (Å²) in [5, 5.41) is 4.39. The van der Waals surface area contributed by atoms with Crippen LogP contribution in [0.4, 0.5) is 0 Å². The molecule has 0 spiro atoms. The Morgan fingerprint density at radius 1 is 1.17 bits per heavy atom. The van der Waals surface area contributed by atoms with E-state index in [0.717, 1.165) is 60.1 Å². The van der Waals surface area contributed by atoms with E-state index in [1.807, 2.05) is 24.3 Å². The first-order valence-electron chi connectivity index (χ1n) is 13.1. The molecule has 1 saturated carbocycles. The largest absolute Gasteiger partial charge is 0.488 e. The summed E-state index contributed by atoms with van der Waals surface area (Å²) in [5.74, 6) is 0.948. The Morgan fingerprint density at radius 3 is 2.75 bits per heavy atom. The summed E-state index contributed by atoms with van der Waals surface area (Å²) in [6, 6.07) is 16.7. The summed E-state index contributed by atoms with van der Waals surface area (Å²) in [6.45, 7) is 4.56. The summed E-state index contributed by atoms with van der Waals surface area (Å²) in [6.07, 6.45) is 5.98. The molecule has 2 aliphatic rings. The Hall–Kier alpha value is -2.87. The van der Waals surface area contributed by atoms with Crippen molar-refractivity contribution in [1.29, 1.82) is 0 Å². The van der Waals surface area contributed by atoms with Gasteiger partial charge in [-0.3, -0.25) is 4.79 Å². The molecule has 5 rings (SSSR count). The third-order valence-corrected chi connectivity index (χ3v) is 7.27. The molecule has 1 aliphatic heterocycles. The fourth-order valence-electron chi connectivity index (χ4n) is 5.12. The van der Waals surface area contributed by atoms with Crippen molar-refractivity contribution in [2.75, 3.05) is 33.4 Å². The van der Waals surface area contributed by atoms with Crippen molar-refractivity contribution in [2.45, 2.75) is 57.5 Å². The average molecular weight is 492 g/mol. The standard InChI is InChI=1S/C29H37N3O4/c1-34-16-7-15-31-19-23(20-32(24-10-5-11-24)29(33)27-18-30-14-17-35-27)28-25(31)12-6-13-26(28)36-21-22-8-3-2-4-9-22/h2-4,6,8-9,12-13,19,24,27,30H,5,7,10-11,14-18,20-21H2,1H3/t27-/m1/s1. The highest BCUT2D eigenvalue weighted by Gasteiger charge is 2.35. The molecule has 1 aliphatic carbocycles. The zero-order chi connectivity index (χ0) is 24.7. The van der Waals surface area contributed by atoms with Crippen LogP contribution in [-0.4, -0.2) is 60.9 Å². The van der Waals surface area contributed by atoms with Crippen LogP contribution in [0.3, 0.4) is 0 Å². The molecule has 1 aromatic heterocycles. The molecule has 192 valence electrons. The van der Waals surface area contributed by atoms with Crippen LogP contribution in [-0.2, 0) is 34.0 Å². The number of amides is 1. The van der Waals surface area contributed by atoms with Gasteiger partial charge in [0, 0.05) is 63.1 Å². The first-order valence-corrected chi connectivity index (χ1v) is 13.1. The van der Waals surface area contributed by atoms with Gasteiger partial charge in [0.05, 0.1) is 12.1 Å². The number of aromatic nitrogens is 1. The lowest BCUT2D eigenvalue weighted by atomic mass is 9.90. The number of methoxy groups -OCH3 is 1. The molecule has 1 atom stereocenters. The van der Waals surface area contributed by atoms with Gasteiger partial charge < -0.3 is 29.0 Å². The van der Waals surface area contributed by atoms with Crippen LogP contribution in [0.1, 0.15) is 36.8 Å². The van der Waals surface area contributed by atoms with E-state index in [2.05, 4.69) is 45.2 Å². The zero-order valence-corrected chi connectivity index (χ0v) is 21.2. The molecule has 7 nitrogen and oxygen atoms in total. The first-order chi connectivity index (χ1) is 17.7. The highest BCUT2D eigenvalue weighted by Crippen LogP contribution is 2.35. The quantitative estimate of drug-likeness (QED) is 0.409. The highest BCUT2D eigenvalue weighted by atomic mass is 16.5. The van der Waals surface area contributed by atoms with Gasteiger partial charge in [-0.05, 0) is 43.4 Å². The van der Waals surface area contributed by atoms with Crippen LogP contribution in [0.5, 0.6) is 5.75 Å². The van der Waals surface area contributed by atoms with Crippen LogP contribution < -0.4 is 10.1 Å². The number of rotatable bonds is 11. The van der Waals surface area contributed by atoms with Gasteiger partial charge in [-0.1, -0.05) is 36.4 Å². The van der Waals surface area contributed by atoms with Crippen molar-refractivity contribution in [3.8, 4) is 5.75 Å². The fraction of sp³-hybridized carbons (Fsp3) is 0.483. The third-order valence-electron chi connectivity index (χ3n) is 7.27. The minimum Gasteiger partial charge on any atom is -0.488 e. The summed E-state index contributed by atoms with van der Waals surface area (Å²) in [4.78, 5) is 15.7. The second kappa shape index (κ2) is 11.9. The molecule has 2 fully saturated rings. The smallest absolute Gasteiger partial charge is 0.253 e. The summed E-state index contributed by atoms with van der Waals surface area (Å²) in [5.41, 5.74) is 3.38. The van der Waals surface area contributed by atoms with E-state index in [9.17, 15) is 4.79 Å². The second-order valence-corrected chi connectivity index (χ2v) is 9.73. The predicted octanol–water partition coefficient (Wildman–Crippen LogP) is 4.13. The molecule has 36 heavy (non-hydrogen) atoms. The minimum absolute atomic E-state index is 0.0925. The topological polar surface area (TPSA) is 65.0 Å². The Morgan fingerprint density at radius 2 is 2.03 bits per heavy atom.